The van der Waals surface area contributed by atoms with E-state index in [0.717, 1.165) is 19.3 Å². The highest BCUT2D eigenvalue weighted by Crippen LogP contribution is 2.27. The van der Waals surface area contributed by atoms with E-state index in [1.54, 1.807) is 48.5 Å². The molecule has 1 aliphatic rings. The number of nitrogens with zero attached hydrogens (tertiary/aromatic N) is 4. The van der Waals surface area contributed by atoms with Gasteiger partial charge in [0.2, 0.25) is 5.95 Å². The second kappa shape index (κ2) is 8.73. The van der Waals surface area contributed by atoms with E-state index in [1.807, 2.05) is 11.6 Å². The van der Waals surface area contributed by atoms with Crippen molar-refractivity contribution in [1.82, 2.24) is 19.4 Å². The number of anilines is 2. The van der Waals surface area contributed by atoms with Crippen molar-refractivity contribution >= 4 is 34.6 Å². The minimum atomic E-state index is -0.319. The number of benzene rings is 1. The Kier molecular flexibility index (Phi) is 5.85. The maximum atomic E-state index is 12.7. The predicted octanol–water partition coefficient (Wildman–Crippen LogP) is 2.54. The SMILES string of the molecule is COCCCn1c(NC(=O)c2cccc(N)c2)nc2cc(C(=O)N(C)C3CC3)cnc21. The van der Waals surface area contributed by atoms with Gasteiger partial charge < -0.3 is 15.4 Å². The molecule has 4 rings (SSSR count). The minimum absolute atomic E-state index is 0.0730. The molecule has 0 unspecified atom stereocenters. The number of amides is 2. The number of nitrogen functional groups attached to an aromatic ring is 1. The smallest absolute Gasteiger partial charge is 0.258 e. The molecule has 1 aromatic carbocycles. The van der Waals surface area contributed by atoms with Crippen LogP contribution in [0.4, 0.5) is 11.6 Å². The lowest BCUT2D eigenvalue weighted by molar-refractivity contribution is 0.0784. The molecule has 0 bridgehead atoms. The van der Waals surface area contributed by atoms with Crippen molar-refractivity contribution in [1.29, 1.82) is 0 Å². The molecular weight excluding hydrogens is 396 g/mol. The number of nitrogens with one attached hydrogen (secondary N) is 1. The molecule has 9 nitrogen and oxygen atoms in total. The number of aryl methyl sites for hydroxylation is 1. The number of nitrogens with two attached hydrogens (primary N) is 1. The van der Waals surface area contributed by atoms with E-state index in [0.29, 0.717) is 53.1 Å². The largest absolute Gasteiger partial charge is 0.399 e. The molecule has 1 fully saturated rings. The van der Waals surface area contributed by atoms with Crippen LogP contribution in [0, 0.1) is 0 Å². The van der Waals surface area contributed by atoms with Crippen molar-refractivity contribution in [3.8, 4) is 0 Å². The normalized spacial score (nSPS) is 13.4. The second-order valence-corrected chi connectivity index (χ2v) is 7.73. The fourth-order valence-corrected chi connectivity index (χ4v) is 3.49. The number of rotatable bonds is 8. The van der Waals surface area contributed by atoms with Crippen molar-refractivity contribution in [2.24, 2.45) is 0 Å². The third-order valence-corrected chi connectivity index (χ3v) is 5.35. The average Bonchev–Trinajstić information content (AvgIpc) is 3.56. The van der Waals surface area contributed by atoms with Crippen LogP contribution in [0.25, 0.3) is 11.2 Å². The van der Waals surface area contributed by atoms with Gasteiger partial charge in [-0.2, -0.15) is 0 Å². The average molecular weight is 422 g/mol. The highest BCUT2D eigenvalue weighted by atomic mass is 16.5. The fraction of sp³-hybridized carbons (Fsp3) is 0.364. The van der Waals surface area contributed by atoms with Crippen molar-refractivity contribution in [3.05, 3.63) is 47.7 Å². The van der Waals surface area contributed by atoms with Gasteiger partial charge >= 0.3 is 0 Å². The van der Waals surface area contributed by atoms with Gasteiger partial charge in [-0.25, -0.2) is 9.97 Å². The number of fused-ring (bicyclic) bond motifs is 1. The van der Waals surface area contributed by atoms with Crippen molar-refractivity contribution in [2.75, 3.05) is 31.8 Å². The van der Waals surface area contributed by atoms with Crippen LogP contribution < -0.4 is 11.1 Å². The number of methoxy groups -OCH3 is 1. The molecule has 2 amide bonds. The van der Waals surface area contributed by atoms with E-state index in [9.17, 15) is 9.59 Å². The fourth-order valence-electron chi connectivity index (χ4n) is 3.49. The maximum absolute atomic E-state index is 12.7. The van der Waals surface area contributed by atoms with Crippen LogP contribution in [0.15, 0.2) is 36.5 Å². The molecule has 162 valence electrons. The summed E-state index contributed by atoms with van der Waals surface area (Å²) in [5.41, 5.74) is 8.37. The predicted molar refractivity (Wildman–Crippen MR) is 118 cm³/mol. The van der Waals surface area contributed by atoms with Gasteiger partial charge in [0, 0.05) is 50.8 Å². The number of imidazole rings is 1. The van der Waals surface area contributed by atoms with Crippen LogP contribution in [0.1, 0.15) is 40.0 Å². The van der Waals surface area contributed by atoms with Crippen LogP contribution in [0.2, 0.25) is 0 Å². The third kappa shape index (κ3) is 4.51. The summed E-state index contributed by atoms with van der Waals surface area (Å²) < 4.78 is 6.99. The van der Waals surface area contributed by atoms with Gasteiger partial charge in [-0.15, -0.1) is 0 Å². The number of aromatic nitrogens is 3. The Labute approximate surface area is 180 Å². The number of carbonyl (C=O) groups excluding carboxylic acids is 2. The van der Waals surface area contributed by atoms with E-state index < -0.39 is 0 Å². The van der Waals surface area contributed by atoms with Crippen molar-refractivity contribution in [2.45, 2.75) is 31.8 Å². The molecular formula is C22H26N6O3. The summed E-state index contributed by atoms with van der Waals surface area (Å²) in [5, 5.41) is 2.85. The van der Waals surface area contributed by atoms with E-state index in [2.05, 4.69) is 15.3 Å². The molecule has 9 heteroatoms. The summed E-state index contributed by atoms with van der Waals surface area (Å²) >= 11 is 0. The van der Waals surface area contributed by atoms with Gasteiger partial charge in [-0.1, -0.05) is 6.07 Å². The van der Waals surface area contributed by atoms with E-state index >= 15 is 0 Å². The lowest BCUT2D eigenvalue weighted by Crippen LogP contribution is -2.28. The maximum Gasteiger partial charge on any atom is 0.258 e. The molecule has 1 aliphatic carbocycles. The van der Waals surface area contributed by atoms with Gasteiger partial charge in [0.15, 0.2) is 5.65 Å². The molecule has 0 aliphatic heterocycles. The topological polar surface area (TPSA) is 115 Å². The first-order chi connectivity index (χ1) is 15.0. The Morgan fingerprint density at radius 1 is 1.29 bits per heavy atom. The highest BCUT2D eigenvalue weighted by molar-refractivity contribution is 6.04. The van der Waals surface area contributed by atoms with E-state index in [-0.39, 0.29) is 11.8 Å². The van der Waals surface area contributed by atoms with Crippen LogP contribution >= 0.6 is 0 Å². The van der Waals surface area contributed by atoms with E-state index in [4.69, 9.17) is 10.5 Å². The van der Waals surface area contributed by atoms with Crippen LogP contribution in [0.5, 0.6) is 0 Å². The molecule has 2 heterocycles. The Morgan fingerprint density at radius 3 is 2.81 bits per heavy atom. The molecule has 0 atom stereocenters. The van der Waals surface area contributed by atoms with Gasteiger partial charge in [0.25, 0.3) is 11.8 Å². The number of carbonyl (C=O) groups is 2. The zero-order valence-corrected chi connectivity index (χ0v) is 17.7. The summed E-state index contributed by atoms with van der Waals surface area (Å²) in [7, 11) is 3.45. The van der Waals surface area contributed by atoms with Gasteiger partial charge in [-0.05, 0) is 43.5 Å². The number of hydrogen-bond acceptors (Lipinski definition) is 6. The molecule has 31 heavy (non-hydrogen) atoms. The summed E-state index contributed by atoms with van der Waals surface area (Å²) in [6.45, 7) is 1.12. The molecule has 3 N–H and O–H groups in total. The monoisotopic (exact) mass is 422 g/mol. The van der Waals surface area contributed by atoms with Gasteiger partial charge in [-0.3, -0.25) is 19.5 Å². The first-order valence-electron chi connectivity index (χ1n) is 10.3. The number of hydrogen-bond donors (Lipinski definition) is 2. The van der Waals surface area contributed by atoms with Crippen LogP contribution in [-0.4, -0.2) is 58.1 Å². The summed E-state index contributed by atoms with van der Waals surface area (Å²) in [6.07, 6.45) is 4.36. The Balaban J connectivity index is 1.65. The standard InChI is InChI=1S/C22H26N6O3/c1-27(17-7-8-17)21(30)15-12-18-19(24-13-15)28(9-4-10-31-2)22(25-18)26-20(29)14-5-3-6-16(23)11-14/h3,5-6,11-13,17H,4,7-10,23H2,1-2H3,(H,25,26,29). The number of ether oxygens (including phenoxy) is 1. The molecule has 0 radical (unpaired) electrons. The highest BCUT2D eigenvalue weighted by Gasteiger charge is 2.30. The second-order valence-electron chi connectivity index (χ2n) is 7.73. The summed E-state index contributed by atoms with van der Waals surface area (Å²) in [6, 6.07) is 8.77. The molecule has 0 spiro atoms. The Morgan fingerprint density at radius 2 is 2.10 bits per heavy atom. The summed E-state index contributed by atoms with van der Waals surface area (Å²) in [5.74, 6) is -0.0253. The molecule has 3 aromatic rings. The lowest BCUT2D eigenvalue weighted by Gasteiger charge is -2.15. The van der Waals surface area contributed by atoms with Crippen LogP contribution in [0.3, 0.4) is 0 Å². The molecule has 2 aromatic heterocycles. The van der Waals surface area contributed by atoms with Crippen LogP contribution in [-0.2, 0) is 11.3 Å². The van der Waals surface area contributed by atoms with E-state index in [1.165, 1.54) is 0 Å². The molecule has 0 saturated heterocycles. The van der Waals surface area contributed by atoms with Crippen molar-refractivity contribution in [3.63, 3.8) is 0 Å². The van der Waals surface area contributed by atoms with Gasteiger partial charge in [0.05, 0.1) is 5.56 Å². The lowest BCUT2D eigenvalue weighted by atomic mass is 10.2. The Hall–Kier alpha value is -3.46. The zero-order chi connectivity index (χ0) is 22.0. The first kappa shape index (κ1) is 20.8. The zero-order valence-electron chi connectivity index (χ0n) is 17.7. The Bertz CT molecular complexity index is 1120. The number of pyridine rings is 1. The first-order valence-corrected chi connectivity index (χ1v) is 10.3. The quantitative estimate of drug-likeness (QED) is 0.426. The third-order valence-electron chi connectivity index (χ3n) is 5.35. The van der Waals surface area contributed by atoms with Gasteiger partial charge in [0.1, 0.15) is 5.52 Å². The minimum Gasteiger partial charge on any atom is -0.399 e. The van der Waals surface area contributed by atoms with Crippen molar-refractivity contribution < 1.29 is 14.3 Å². The molecule has 1 saturated carbocycles. The summed E-state index contributed by atoms with van der Waals surface area (Å²) in [4.78, 5) is 36.3.